The molecule has 2 heterocycles. The zero-order valence-corrected chi connectivity index (χ0v) is 21.1. The summed E-state index contributed by atoms with van der Waals surface area (Å²) in [6.45, 7) is 2.12. The molecular weight excluding hydrogens is 499 g/mol. The maximum Gasteiger partial charge on any atom is 0.335 e. The number of hydrogen-bond acceptors (Lipinski definition) is 5. The van der Waals surface area contributed by atoms with Crippen molar-refractivity contribution in [3.8, 4) is 0 Å². The molecule has 0 saturated carbocycles. The van der Waals surface area contributed by atoms with Gasteiger partial charge in [0.1, 0.15) is 12.4 Å². The van der Waals surface area contributed by atoms with Crippen LogP contribution >= 0.6 is 0 Å². The number of nitrogens with zero attached hydrogens (tertiary/aromatic N) is 3. The topological polar surface area (TPSA) is 105 Å². The van der Waals surface area contributed by atoms with Gasteiger partial charge in [0.25, 0.3) is 0 Å². The lowest BCUT2D eigenvalue weighted by Gasteiger charge is -2.19. The Morgan fingerprint density at radius 1 is 0.974 bits per heavy atom. The maximum atomic E-state index is 13.8. The summed E-state index contributed by atoms with van der Waals surface area (Å²) in [5.74, 6) is -1.79. The first-order chi connectivity index (χ1) is 18.8. The van der Waals surface area contributed by atoms with Gasteiger partial charge in [-0.3, -0.25) is 14.3 Å². The molecule has 0 spiro atoms. The smallest absolute Gasteiger partial charge is 0.335 e. The molecule has 0 aliphatic carbocycles. The molecule has 5 rings (SSSR count). The summed E-state index contributed by atoms with van der Waals surface area (Å²) in [7, 11) is 0. The molecule has 0 atom stereocenters. The monoisotopic (exact) mass is 524 g/mol. The molecule has 196 valence electrons. The average molecular weight is 525 g/mol. The van der Waals surface area contributed by atoms with Crippen LogP contribution in [0.5, 0.6) is 0 Å². The van der Waals surface area contributed by atoms with E-state index in [1.807, 2.05) is 18.2 Å². The Balaban J connectivity index is 1.51. The van der Waals surface area contributed by atoms with E-state index in [0.29, 0.717) is 41.1 Å². The number of rotatable bonds is 8. The van der Waals surface area contributed by atoms with Crippen molar-refractivity contribution in [2.45, 2.75) is 19.9 Å². The highest BCUT2D eigenvalue weighted by molar-refractivity contribution is 6.28. The van der Waals surface area contributed by atoms with Gasteiger partial charge in [0, 0.05) is 35.9 Å². The molecule has 39 heavy (non-hydrogen) atoms. The number of ketones is 1. The number of allylic oxidation sites excluding steroid dienone is 1. The van der Waals surface area contributed by atoms with Crippen LogP contribution in [-0.2, 0) is 22.6 Å². The van der Waals surface area contributed by atoms with E-state index in [1.54, 1.807) is 52.3 Å². The Kier molecular flexibility index (Phi) is 7.05. The fourth-order valence-corrected chi connectivity index (χ4v) is 4.70. The number of carboxylic acids is 1. The van der Waals surface area contributed by atoms with Crippen LogP contribution in [0, 0.1) is 5.82 Å². The molecule has 1 aliphatic heterocycles. The van der Waals surface area contributed by atoms with Gasteiger partial charge < -0.3 is 15.3 Å². The summed E-state index contributed by atoms with van der Waals surface area (Å²) in [5, 5.41) is 16.7. The predicted octanol–water partition coefficient (Wildman–Crippen LogP) is 4.88. The lowest BCUT2D eigenvalue weighted by Crippen LogP contribution is -2.32. The minimum absolute atomic E-state index is 0.0614. The second-order valence-corrected chi connectivity index (χ2v) is 9.16. The summed E-state index contributed by atoms with van der Waals surface area (Å²) in [4.78, 5) is 38.9. The van der Waals surface area contributed by atoms with Crippen molar-refractivity contribution in [1.29, 1.82) is 0 Å². The Labute approximate surface area is 224 Å². The number of nitrogens with one attached hydrogen (secondary N) is 1. The van der Waals surface area contributed by atoms with E-state index < -0.39 is 11.8 Å². The van der Waals surface area contributed by atoms with Gasteiger partial charge in [-0.15, -0.1) is 0 Å². The maximum absolute atomic E-state index is 13.8. The van der Waals surface area contributed by atoms with Crippen LogP contribution in [-0.4, -0.2) is 39.1 Å². The van der Waals surface area contributed by atoms with Crippen molar-refractivity contribution < 1.29 is 23.9 Å². The number of hydrogen-bond donors (Lipinski definition) is 2. The number of carbonyl (C=O) groups excluding carboxylic acids is 2. The number of aromatic carboxylic acids is 1. The summed E-state index contributed by atoms with van der Waals surface area (Å²) >= 11 is 0. The number of fused-ring (bicyclic) bond motifs is 1. The molecule has 2 N–H and O–H groups in total. The molecule has 0 fully saturated rings. The minimum atomic E-state index is -1.07. The Morgan fingerprint density at radius 2 is 1.67 bits per heavy atom. The highest BCUT2D eigenvalue weighted by Gasteiger charge is 2.25. The van der Waals surface area contributed by atoms with E-state index >= 15 is 0 Å². The van der Waals surface area contributed by atoms with Gasteiger partial charge in [-0.25, -0.2) is 9.18 Å². The first-order valence-electron chi connectivity index (χ1n) is 12.3. The van der Waals surface area contributed by atoms with Crippen LogP contribution in [0.4, 0.5) is 15.8 Å². The van der Waals surface area contributed by atoms with Crippen molar-refractivity contribution in [3.05, 3.63) is 113 Å². The van der Waals surface area contributed by atoms with Gasteiger partial charge in [0.15, 0.2) is 5.78 Å². The van der Waals surface area contributed by atoms with Crippen molar-refractivity contribution in [1.82, 2.24) is 9.78 Å². The van der Waals surface area contributed by atoms with E-state index in [9.17, 15) is 23.9 Å². The number of Topliss-reactive ketones (excluding diaryl/α,β-unsaturated/α-hetero) is 1. The minimum Gasteiger partial charge on any atom is -0.478 e. The molecule has 1 aliphatic rings. The third-order valence-corrected chi connectivity index (χ3v) is 6.56. The highest BCUT2D eigenvalue weighted by Crippen LogP contribution is 2.34. The Morgan fingerprint density at radius 3 is 2.31 bits per heavy atom. The molecule has 8 nitrogen and oxygen atoms in total. The number of amides is 1. The molecular formula is C30H25FN4O4. The second kappa shape index (κ2) is 10.7. The fraction of sp³-hybridized carbons (Fsp3) is 0.133. The lowest BCUT2D eigenvalue weighted by atomic mass is 9.95. The summed E-state index contributed by atoms with van der Waals surface area (Å²) in [5.41, 5.74) is 4.48. The number of halogens is 1. The van der Waals surface area contributed by atoms with E-state index in [4.69, 9.17) is 0 Å². The molecule has 1 amide bonds. The second-order valence-electron chi connectivity index (χ2n) is 9.16. The van der Waals surface area contributed by atoms with E-state index in [0.717, 1.165) is 11.3 Å². The van der Waals surface area contributed by atoms with Crippen LogP contribution in [0.3, 0.4) is 0 Å². The zero-order chi connectivity index (χ0) is 27.5. The third kappa shape index (κ3) is 5.47. The first kappa shape index (κ1) is 25.6. The number of carboxylic acid groups (broad SMARTS) is 1. The molecule has 9 heteroatoms. The number of aromatic nitrogens is 2. The zero-order valence-electron chi connectivity index (χ0n) is 21.1. The Hall–Kier alpha value is -5.05. The van der Waals surface area contributed by atoms with Gasteiger partial charge in [0.2, 0.25) is 5.91 Å². The predicted molar refractivity (Wildman–Crippen MR) is 146 cm³/mol. The molecule has 0 radical (unpaired) electrons. The molecule has 3 aromatic carbocycles. The van der Waals surface area contributed by atoms with E-state index in [2.05, 4.69) is 10.4 Å². The van der Waals surface area contributed by atoms with Crippen molar-refractivity contribution >= 4 is 40.3 Å². The first-order valence-corrected chi connectivity index (χ1v) is 12.3. The van der Waals surface area contributed by atoms with Crippen LogP contribution in [0.2, 0.25) is 0 Å². The van der Waals surface area contributed by atoms with Crippen LogP contribution in [0.15, 0.2) is 85.2 Å². The van der Waals surface area contributed by atoms with Crippen molar-refractivity contribution in [2.75, 3.05) is 16.8 Å². The lowest BCUT2D eigenvalue weighted by molar-refractivity contribution is -0.119. The van der Waals surface area contributed by atoms with Gasteiger partial charge in [-0.05, 0) is 90.7 Å². The molecule has 1 aromatic heterocycles. The van der Waals surface area contributed by atoms with Crippen molar-refractivity contribution in [2.24, 2.45) is 0 Å². The van der Waals surface area contributed by atoms with Crippen LogP contribution in [0.1, 0.15) is 34.0 Å². The van der Waals surface area contributed by atoms with Crippen LogP contribution < -0.4 is 10.2 Å². The summed E-state index contributed by atoms with van der Waals surface area (Å²) < 4.78 is 15.3. The highest BCUT2D eigenvalue weighted by atomic mass is 19.1. The standard InChI is InChI=1S/C30H25FN4O4/c1-19(36)28(20-3-5-22(6-4-20)30(38)39)29(21-7-9-24(31)10-8-21)33-25-11-12-26-23(17-25)13-16-35(26)27(37)18-34-15-2-14-32-34/h2-12,14-15,17,33H,13,16,18H2,1H3,(H,38,39)/b29-28+. The van der Waals surface area contributed by atoms with Gasteiger partial charge in [0.05, 0.1) is 11.3 Å². The summed E-state index contributed by atoms with van der Waals surface area (Å²) in [6, 6.07) is 19.2. The number of benzene rings is 3. The molecule has 0 bridgehead atoms. The number of anilines is 2. The largest absolute Gasteiger partial charge is 0.478 e. The van der Waals surface area contributed by atoms with Gasteiger partial charge in [-0.1, -0.05) is 12.1 Å². The number of carbonyl (C=O) groups is 3. The third-order valence-electron chi connectivity index (χ3n) is 6.56. The summed E-state index contributed by atoms with van der Waals surface area (Å²) in [6.07, 6.45) is 4.04. The fourth-order valence-electron chi connectivity index (χ4n) is 4.70. The molecule has 0 saturated heterocycles. The normalized spacial score (nSPS) is 13.0. The van der Waals surface area contributed by atoms with Crippen molar-refractivity contribution in [3.63, 3.8) is 0 Å². The van der Waals surface area contributed by atoms with E-state index in [1.165, 1.54) is 31.2 Å². The van der Waals surface area contributed by atoms with Gasteiger partial charge in [-0.2, -0.15) is 5.10 Å². The molecule has 0 unspecified atom stereocenters. The van der Waals surface area contributed by atoms with Gasteiger partial charge >= 0.3 is 5.97 Å². The quantitative estimate of drug-likeness (QED) is 0.252. The Bertz CT molecular complexity index is 1580. The SMILES string of the molecule is CC(=O)/C(=C(\Nc1ccc2c(c1)CCN2C(=O)Cn1cccn1)c1ccc(F)cc1)c1ccc(C(=O)O)cc1. The van der Waals surface area contributed by atoms with Crippen LogP contribution in [0.25, 0.3) is 11.3 Å². The average Bonchev–Trinajstić information content (AvgIpc) is 3.58. The van der Waals surface area contributed by atoms with E-state index in [-0.39, 0.29) is 23.8 Å². The molecule has 4 aromatic rings.